The summed E-state index contributed by atoms with van der Waals surface area (Å²) in [5, 5.41) is 10.9. The van der Waals surface area contributed by atoms with Gasteiger partial charge in [0.2, 0.25) is 0 Å². The van der Waals surface area contributed by atoms with Gasteiger partial charge in [0.25, 0.3) is 5.91 Å². The number of hydrogen-bond acceptors (Lipinski definition) is 6. The van der Waals surface area contributed by atoms with E-state index in [4.69, 9.17) is 4.74 Å². The van der Waals surface area contributed by atoms with Crippen molar-refractivity contribution in [2.75, 3.05) is 31.1 Å². The Morgan fingerprint density at radius 2 is 1.69 bits per heavy atom. The van der Waals surface area contributed by atoms with Gasteiger partial charge in [-0.25, -0.2) is 9.50 Å². The van der Waals surface area contributed by atoms with E-state index in [1.165, 1.54) is 0 Å². The first-order valence-electron chi connectivity index (χ1n) is 13.2. The maximum absolute atomic E-state index is 13.1. The zero-order chi connectivity index (χ0) is 26.4. The third kappa shape index (κ3) is 5.61. The van der Waals surface area contributed by atoms with Gasteiger partial charge >= 0.3 is 0 Å². The Labute approximate surface area is 227 Å². The van der Waals surface area contributed by atoms with Gasteiger partial charge in [-0.15, -0.1) is 0 Å². The molecule has 0 radical (unpaired) electrons. The lowest BCUT2D eigenvalue weighted by Gasteiger charge is -2.31. The Morgan fingerprint density at radius 3 is 2.51 bits per heavy atom. The summed E-state index contributed by atoms with van der Waals surface area (Å²) >= 11 is 0. The van der Waals surface area contributed by atoms with E-state index in [0.29, 0.717) is 24.5 Å². The smallest absolute Gasteiger partial charge is 0.270 e. The molecule has 0 saturated carbocycles. The predicted molar refractivity (Wildman–Crippen MR) is 152 cm³/mol. The second-order valence-electron chi connectivity index (χ2n) is 9.49. The Morgan fingerprint density at radius 1 is 0.923 bits per heavy atom. The van der Waals surface area contributed by atoms with E-state index in [2.05, 4.69) is 37.7 Å². The Kier molecular flexibility index (Phi) is 7.18. The molecular weight excluding hydrogens is 488 g/mol. The van der Waals surface area contributed by atoms with Crippen LogP contribution in [0.2, 0.25) is 0 Å². The molecule has 3 aromatic carbocycles. The quantitative estimate of drug-likeness (QED) is 0.319. The molecule has 0 atom stereocenters. The number of amides is 1. The summed E-state index contributed by atoms with van der Waals surface area (Å²) in [5.41, 5.74) is 6.15. The SMILES string of the molecule is O=C(NCc1ccccc1N1CCNCC1)c1ccn2ncc(-c3ccc(OCc4ccccc4)cc3)c2n1. The molecule has 1 aliphatic rings. The lowest BCUT2D eigenvalue weighted by molar-refractivity contribution is 0.0946. The lowest BCUT2D eigenvalue weighted by Crippen LogP contribution is -2.44. The van der Waals surface area contributed by atoms with Crippen LogP contribution in [0.5, 0.6) is 5.75 Å². The zero-order valence-electron chi connectivity index (χ0n) is 21.6. The van der Waals surface area contributed by atoms with Crippen LogP contribution in [0, 0.1) is 0 Å². The molecule has 0 unspecified atom stereocenters. The number of aromatic nitrogens is 3. The maximum Gasteiger partial charge on any atom is 0.270 e. The molecule has 0 bridgehead atoms. The van der Waals surface area contributed by atoms with Crippen molar-refractivity contribution in [3.05, 3.63) is 114 Å². The third-order valence-corrected chi connectivity index (χ3v) is 6.90. The van der Waals surface area contributed by atoms with Crippen LogP contribution >= 0.6 is 0 Å². The van der Waals surface area contributed by atoms with E-state index < -0.39 is 0 Å². The lowest BCUT2D eigenvalue weighted by atomic mass is 10.1. The molecule has 8 nitrogen and oxygen atoms in total. The van der Waals surface area contributed by atoms with Crippen molar-refractivity contribution in [2.45, 2.75) is 13.2 Å². The predicted octanol–water partition coefficient (Wildman–Crippen LogP) is 4.31. The summed E-state index contributed by atoms with van der Waals surface area (Å²) in [5.74, 6) is 0.567. The molecule has 1 amide bonds. The van der Waals surface area contributed by atoms with Gasteiger partial charge in [0.15, 0.2) is 5.65 Å². The van der Waals surface area contributed by atoms with Crippen LogP contribution in [0.3, 0.4) is 0 Å². The number of nitrogens with zero attached hydrogens (tertiary/aromatic N) is 4. The largest absolute Gasteiger partial charge is 0.489 e. The minimum atomic E-state index is -0.218. The van der Waals surface area contributed by atoms with E-state index in [9.17, 15) is 4.79 Å². The number of carbonyl (C=O) groups excluding carboxylic acids is 1. The number of nitrogens with one attached hydrogen (secondary N) is 2. The van der Waals surface area contributed by atoms with Gasteiger partial charge in [-0.1, -0.05) is 60.7 Å². The molecule has 1 aliphatic heterocycles. The van der Waals surface area contributed by atoms with Gasteiger partial charge in [0.05, 0.1) is 6.20 Å². The molecule has 0 aliphatic carbocycles. The summed E-state index contributed by atoms with van der Waals surface area (Å²) < 4.78 is 7.60. The van der Waals surface area contributed by atoms with Gasteiger partial charge in [0.1, 0.15) is 18.1 Å². The summed E-state index contributed by atoms with van der Waals surface area (Å²) in [6.45, 7) is 4.77. The molecule has 3 heterocycles. The highest BCUT2D eigenvalue weighted by atomic mass is 16.5. The fourth-order valence-corrected chi connectivity index (χ4v) is 4.81. The molecule has 196 valence electrons. The van der Waals surface area contributed by atoms with Crippen molar-refractivity contribution in [1.82, 2.24) is 25.2 Å². The molecule has 5 aromatic rings. The topological polar surface area (TPSA) is 83.8 Å². The highest BCUT2D eigenvalue weighted by Gasteiger charge is 2.16. The van der Waals surface area contributed by atoms with Crippen molar-refractivity contribution in [3.63, 3.8) is 0 Å². The average molecular weight is 519 g/mol. The fourth-order valence-electron chi connectivity index (χ4n) is 4.81. The van der Waals surface area contributed by atoms with Crippen molar-refractivity contribution in [2.24, 2.45) is 0 Å². The minimum Gasteiger partial charge on any atom is -0.489 e. The number of carbonyl (C=O) groups is 1. The molecule has 2 N–H and O–H groups in total. The molecule has 8 heteroatoms. The summed E-state index contributed by atoms with van der Waals surface area (Å²) in [7, 11) is 0. The van der Waals surface area contributed by atoms with Crippen molar-refractivity contribution in [1.29, 1.82) is 0 Å². The van der Waals surface area contributed by atoms with Crippen molar-refractivity contribution < 1.29 is 9.53 Å². The average Bonchev–Trinajstić information content (AvgIpc) is 3.43. The first-order valence-corrected chi connectivity index (χ1v) is 13.2. The first kappa shape index (κ1) is 24.6. The van der Waals surface area contributed by atoms with Crippen LogP contribution in [0.4, 0.5) is 5.69 Å². The molecule has 2 aromatic heterocycles. The minimum absolute atomic E-state index is 0.218. The van der Waals surface area contributed by atoms with E-state index in [1.54, 1.807) is 23.0 Å². The molecule has 0 spiro atoms. The fraction of sp³-hybridized carbons (Fsp3) is 0.194. The van der Waals surface area contributed by atoms with E-state index in [1.807, 2.05) is 66.7 Å². The highest BCUT2D eigenvalue weighted by molar-refractivity contribution is 5.93. The number of benzene rings is 3. The van der Waals surface area contributed by atoms with Gasteiger partial charge in [-0.05, 0) is 41.0 Å². The normalized spacial score (nSPS) is 13.4. The Bertz CT molecular complexity index is 1560. The van der Waals surface area contributed by atoms with Crippen LogP contribution in [0.25, 0.3) is 16.8 Å². The summed E-state index contributed by atoms with van der Waals surface area (Å²) in [4.78, 5) is 20.1. The van der Waals surface area contributed by atoms with Crippen molar-refractivity contribution in [3.8, 4) is 16.9 Å². The first-order chi connectivity index (χ1) is 19.2. The van der Waals surface area contributed by atoms with Gasteiger partial charge < -0.3 is 20.3 Å². The molecular formula is C31H30N6O2. The van der Waals surface area contributed by atoms with Crippen molar-refractivity contribution >= 4 is 17.2 Å². The second-order valence-corrected chi connectivity index (χ2v) is 9.49. The number of hydrogen-bond donors (Lipinski definition) is 2. The monoisotopic (exact) mass is 518 g/mol. The standard InChI is InChI=1S/C31H30N6O2/c38-31(33-20-25-8-4-5-9-29(25)36-18-15-32-16-19-36)28-14-17-37-30(35-28)27(21-34-37)24-10-12-26(13-11-24)39-22-23-6-2-1-3-7-23/h1-14,17,21,32H,15-16,18-20,22H2,(H,33,38). The molecule has 1 fully saturated rings. The van der Waals surface area contributed by atoms with Gasteiger partial charge in [-0.3, -0.25) is 4.79 Å². The second kappa shape index (κ2) is 11.4. The van der Waals surface area contributed by atoms with Crippen LogP contribution in [-0.2, 0) is 13.2 Å². The third-order valence-electron chi connectivity index (χ3n) is 6.90. The highest BCUT2D eigenvalue weighted by Crippen LogP contribution is 2.26. The van der Waals surface area contributed by atoms with Gasteiger partial charge in [-0.2, -0.15) is 5.10 Å². The number of rotatable bonds is 8. The van der Waals surface area contributed by atoms with Crippen LogP contribution < -0.4 is 20.3 Å². The van der Waals surface area contributed by atoms with Gasteiger partial charge in [0, 0.05) is 50.2 Å². The molecule has 1 saturated heterocycles. The number of anilines is 1. The van der Waals surface area contributed by atoms with E-state index >= 15 is 0 Å². The maximum atomic E-state index is 13.1. The van der Waals surface area contributed by atoms with Crippen LogP contribution in [0.1, 0.15) is 21.6 Å². The molecule has 6 rings (SSSR count). The Hall–Kier alpha value is -4.69. The zero-order valence-corrected chi connectivity index (χ0v) is 21.6. The number of ether oxygens (including phenoxy) is 1. The summed E-state index contributed by atoms with van der Waals surface area (Å²) in [6, 6.07) is 27.9. The number of para-hydroxylation sites is 1. The van der Waals surface area contributed by atoms with E-state index in [-0.39, 0.29) is 5.91 Å². The molecule has 39 heavy (non-hydrogen) atoms. The number of fused-ring (bicyclic) bond motifs is 1. The van der Waals surface area contributed by atoms with E-state index in [0.717, 1.165) is 59.9 Å². The number of piperazine rings is 1. The summed E-state index contributed by atoms with van der Waals surface area (Å²) in [6.07, 6.45) is 3.54. The van der Waals surface area contributed by atoms with Crippen LogP contribution in [-0.4, -0.2) is 46.7 Å². The Balaban J connectivity index is 1.15. The van der Waals surface area contributed by atoms with Crippen LogP contribution in [0.15, 0.2) is 97.3 Å².